The van der Waals surface area contributed by atoms with Crippen molar-refractivity contribution in [3.8, 4) is 22.5 Å². The number of nitrogens with zero attached hydrogens (tertiary/aromatic N) is 6. The fourth-order valence-corrected chi connectivity index (χ4v) is 14.9. The minimum absolute atomic E-state index is 0.144. The second kappa shape index (κ2) is 19.9. The average molecular weight is 1130 g/mol. The molecule has 4 aromatic carbocycles. The van der Waals surface area contributed by atoms with Crippen LogP contribution in [0.1, 0.15) is 107 Å². The van der Waals surface area contributed by atoms with Crippen molar-refractivity contribution in [2.24, 2.45) is 11.8 Å². The molecule has 2 aliphatic heterocycles. The smallest absolute Gasteiger partial charge is 0.337 e. The molecule has 6 aliphatic rings. The zero-order chi connectivity index (χ0) is 51.2. The van der Waals surface area contributed by atoms with Crippen molar-refractivity contribution in [1.29, 1.82) is 0 Å². The summed E-state index contributed by atoms with van der Waals surface area (Å²) in [5.41, 5.74) is 7.26. The first-order chi connectivity index (χ1) is 36.5. The van der Waals surface area contributed by atoms with Crippen molar-refractivity contribution in [2.75, 3.05) is 30.0 Å². The van der Waals surface area contributed by atoms with E-state index in [0.717, 1.165) is 118 Å². The molecule has 6 fully saturated rings. The first-order valence-electron chi connectivity index (χ1n) is 25.2. The van der Waals surface area contributed by atoms with Crippen molar-refractivity contribution in [2.45, 2.75) is 101 Å². The predicted molar refractivity (Wildman–Crippen MR) is 290 cm³/mol. The zero-order valence-electron chi connectivity index (χ0n) is 40.3. The molecular formula is C55H48Cl4N6O8S2. The van der Waals surface area contributed by atoms with Gasteiger partial charge in [-0.15, -0.1) is 0 Å². The first kappa shape index (κ1) is 49.3. The van der Waals surface area contributed by atoms with E-state index < -0.39 is 5.97 Å². The van der Waals surface area contributed by atoms with Gasteiger partial charge in [-0.1, -0.05) is 91.5 Å². The topological polar surface area (TPSA) is 166 Å². The highest BCUT2D eigenvalue weighted by Gasteiger charge is 2.48. The van der Waals surface area contributed by atoms with E-state index in [4.69, 9.17) is 79.6 Å². The van der Waals surface area contributed by atoms with Crippen LogP contribution in [0, 0.1) is 11.8 Å². The molecule has 14 rings (SSSR count). The van der Waals surface area contributed by atoms with Gasteiger partial charge >= 0.3 is 11.9 Å². The van der Waals surface area contributed by atoms with Gasteiger partial charge in [0.1, 0.15) is 22.9 Å². The quantitative estimate of drug-likeness (QED) is 0.102. The third-order valence-electron chi connectivity index (χ3n) is 15.7. The third-order valence-corrected chi connectivity index (χ3v) is 19.1. The van der Waals surface area contributed by atoms with Crippen molar-refractivity contribution in [1.82, 2.24) is 20.3 Å². The number of thiazole rings is 2. The van der Waals surface area contributed by atoms with Crippen molar-refractivity contribution in [3.05, 3.63) is 127 Å². The summed E-state index contributed by atoms with van der Waals surface area (Å²) in [7, 11) is 1.40. The number of carbonyl (C=O) groups is 2. The highest BCUT2D eigenvalue weighted by molar-refractivity contribution is 7.22. The van der Waals surface area contributed by atoms with Crippen molar-refractivity contribution < 1.29 is 38.0 Å². The molecule has 6 heterocycles. The summed E-state index contributed by atoms with van der Waals surface area (Å²) in [6, 6.07) is 22.3. The molecule has 0 amide bonds. The number of anilines is 2. The van der Waals surface area contributed by atoms with Crippen molar-refractivity contribution in [3.63, 3.8) is 0 Å². The molecule has 2 saturated heterocycles. The fourth-order valence-electron chi connectivity index (χ4n) is 11.6. The predicted octanol–water partition coefficient (Wildman–Crippen LogP) is 14.1. The summed E-state index contributed by atoms with van der Waals surface area (Å²) in [6.45, 7) is 2.63. The Balaban J connectivity index is 0.000000144. The molecule has 1 N–H and O–H groups in total. The van der Waals surface area contributed by atoms with Gasteiger partial charge in [0.05, 0.1) is 84.2 Å². The number of carboxylic acid groups (broad SMARTS) is 1. The van der Waals surface area contributed by atoms with Gasteiger partial charge in [-0.3, -0.25) is 0 Å². The Morgan fingerprint density at radius 3 is 1.48 bits per heavy atom. The second-order valence-electron chi connectivity index (χ2n) is 20.4. The van der Waals surface area contributed by atoms with Crippen molar-refractivity contribution >= 4 is 112 Å². The number of carbonyl (C=O) groups excluding carboxylic acids is 1. The van der Waals surface area contributed by atoms with Crippen LogP contribution in [0.2, 0.25) is 20.1 Å². The van der Waals surface area contributed by atoms with Crippen LogP contribution in [-0.2, 0) is 27.4 Å². The standard InChI is InChI=1S/C28H25Cl2N3O4S.C27H23Cl2N3O4S/c1-35-27(34)15-7-8-21-23(10-15)38-28(31-21)33-12-16-9-17(33)11-22(16)36-13-18-25(32-37-26(18)14-5-6-14)24-19(29)3-2-4-20(24)30;28-18-2-1-3-19(29)23(18)24-17(25(36-31-24)13-4-5-13)12-35-21-10-16-8-15(21)11-32(16)27-30-20-7-6-14(26(33)34)9-22(20)37-27/h2-4,7-8,10,14,16-17,22H,5-6,9,11-13H2,1H3;1-3,6-7,9,13,15-16,21H,4-5,8,10-12H2,(H,33,34). The number of benzene rings is 4. The fraction of sp³-hybridized carbons (Fsp3) is 0.382. The Morgan fingerprint density at radius 2 is 1.08 bits per heavy atom. The summed E-state index contributed by atoms with van der Waals surface area (Å²) >= 11 is 29.2. The van der Waals surface area contributed by atoms with Crippen LogP contribution in [0.15, 0.2) is 81.8 Å². The number of hydrogen-bond donors (Lipinski definition) is 1. The number of piperidine rings is 2. The molecule has 14 nitrogen and oxygen atoms in total. The Labute approximate surface area is 458 Å². The number of aromatic nitrogens is 4. The lowest BCUT2D eigenvalue weighted by molar-refractivity contribution is 0.0122. The number of hydrogen-bond acceptors (Lipinski definition) is 15. The normalized spacial score (nSPS) is 22.7. The molecule has 0 radical (unpaired) electrons. The maximum atomic E-state index is 11.9. The summed E-state index contributed by atoms with van der Waals surface area (Å²) < 4.78 is 31.4. The average Bonchev–Trinajstić information content (AvgIpc) is 3.85. The summed E-state index contributed by atoms with van der Waals surface area (Å²) in [6.07, 6.45) is 8.70. The Hall–Kier alpha value is -5.30. The number of fused-ring (bicyclic) bond motifs is 6. The molecule has 4 bridgehead atoms. The first-order valence-corrected chi connectivity index (χ1v) is 28.4. The van der Waals surface area contributed by atoms with E-state index in [-0.39, 0.29) is 23.7 Å². The molecular weight excluding hydrogens is 1080 g/mol. The third kappa shape index (κ3) is 9.36. The highest BCUT2D eigenvalue weighted by atomic mass is 35.5. The SMILES string of the molecule is COC(=O)c1ccc2nc(N3CC4CC3CC4OCc3c(-c4c(Cl)cccc4Cl)noc3C3CC3)sc2c1.O=C(O)c1ccc2nc(N3CC4CC3CC4OCc3c(-c4c(Cl)cccc4Cl)noc3C3CC3)sc2c1. The summed E-state index contributed by atoms with van der Waals surface area (Å²) in [5.74, 6) is 2.15. The van der Waals surface area contributed by atoms with Gasteiger partial charge in [-0.25, -0.2) is 19.6 Å². The van der Waals surface area contributed by atoms with Crippen LogP contribution in [0.3, 0.4) is 0 Å². The Morgan fingerprint density at radius 1 is 0.640 bits per heavy atom. The molecule has 75 heavy (non-hydrogen) atoms. The van der Waals surface area contributed by atoms with Crippen LogP contribution in [0.5, 0.6) is 0 Å². The van der Waals surface area contributed by atoms with E-state index in [9.17, 15) is 14.7 Å². The minimum atomic E-state index is -0.922. The molecule has 8 aromatic rings. The number of aromatic carboxylic acids is 1. The molecule has 20 heteroatoms. The molecule has 6 unspecified atom stereocenters. The molecule has 386 valence electrons. The van der Waals surface area contributed by atoms with Gasteiger partial charge in [0.15, 0.2) is 10.3 Å². The van der Waals surface area contributed by atoms with E-state index in [0.29, 0.717) is 97.1 Å². The Bertz CT molecular complexity index is 3500. The second-order valence-corrected chi connectivity index (χ2v) is 24.1. The largest absolute Gasteiger partial charge is 0.478 e. The number of esters is 1. The van der Waals surface area contributed by atoms with Crippen LogP contribution in [-0.4, -0.2) is 81.8 Å². The lowest BCUT2D eigenvalue weighted by Crippen LogP contribution is -2.38. The summed E-state index contributed by atoms with van der Waals surface area (Å²) in [4.78, 5) is 37.7. The highest BCUT2D eigenvalue weighted by Crippen LogP contribution is 2.50. The number of ether oxygens (including phenoxy) is 3. The van der Waals surface area contributed by atoms with Crippen LogP contribution < -0.4 is 9.80 Å². The zero-order valence-corrected chi connectivity index (χ0v) is 45.0. The van der Waals surface area contributed by atoms with Gasteiger partial charge in [-0.2, -0.15) is 0 Å². The van der Waals surface area contributed by atoms with E-state index in [1.54, 1.807) is 46.9 Å². The van der Waals surface area contributed by atoms with E-state index in [2.05, 4.69) is 20.1 Å². The van der Waals surface area contributed by atoms with Crippen LogP contribution in [0.4, 0.5) is 10.3 Å². The maximum Gasteiger partial charge on any atom is 0.337 e. The summed E-state index contributed by atoms with van der Waals surface area (Å²) in [5, 5.41) is 22.2. The van der Waals surface area contributed by atoms with Gasteiger partial charge in [0.25, 0.3) is 0 Å². The minimum Gasteiger partial charge on any atom is -0.478 e. The number of rotatable bonds is 14. The van der Waals surface area contributed by atoms with Crippen LogP contribution in [0.25, 0.3) is 42.9 Å². The monoisotopic (exact) mass is 1120 g/mol. The van der Waals surface area contributed by atoms with Gasteiger partial charge in [0.2, 0.25) is 0 Å². The molecule has 4 saturated carbocycles. The van der Waals surface area contributed by atoms with E-state index in [1.807, 2.05) is 48.5 Å². The lowest BCUT2D eigenvalue weighted by Gasteiger charge is -2.31. The van der Waals surface area contributed by atoms with Gasteiger partial charge in [-0.05, 0) is 112 Å². The number of methoxy groups -OCH3 is 1. The Kier molecular flexibility index (Phi) is 13.1. The van der Waals surface area contributed by atoms with Gasteiger partial charge < -0.3 is 38.2 Å². The number of halogens is 4. The molecule has 6 atom stereocenters. The van der Waals surface area contributed by atoms with Crippen LogP contribution >= 0.6 is 69.1 Å². The van der Waals surface area contributed by atoms with E-state index >= 15 is 0 Å². The number of carboxylic acids is 1. The molecule has 4 aromatic heterocycles. The molecule has 4 aliphatic carbocycles. The van der Waals surface area contributed by atoms with Gasteiger partial charge in [0, 0.05) is 71.1 Å². The maximum absolute atomic E-state index is 11.9. The molecule has 0 spiro atoms. The van der Waals surface area contributed by atoms with E-state index in [1.165, 1.54) is 7.11 Å². The lowest BCUT2D eigenvalue weighted by atomic mass is 10.0.